The predicted octanol–water partition coefficient (Wildman–Crippen LogP) is 1.91. The molecule has 2 atom stereocenters. The van der Waals surface area contributed by atoms with Crippen molar-refractivity contribution in [2.75, 3.05) is 18.5 Å². The largest absolute Gasteiger partial charge is 0.480 e. The van der Waals surface area contributed by atoms with Crippen LogP contribution in [0, 0.1) is 17.2 Å². The summed E-state index contributed by atoms with van der Waals surface area (Å²) in [5.74, 6) is -1.07. The lowest BCUT2D eigenvalue weighted by molar-refractivity contribution is -0.142. The molecular weight excluding hydrogens is 270 g/mol. The second-order valence-corrected chi connectivity index (χ2v) is 5.21. The van der Waals surface area contributed by atoms with E-state index in [4.69, 9.17) is 5.26 Å². The summed E-state index contributed by atoms with van der Waals surface area (Å²) < 4.78 is 0. The second kappa shape index (κ2) is 5.83. The van der Waals surface area contributed by atoms with E-state index in [1.165, 1.54) is 9.80 Å². The summed E-state index contributed by atoms with van der Waals surface area (Å²) in [5, 5.41) is 18.4. The Kier molecular flexibility index (Phi) is 4.13. The predicted molar refractivity (Wildman–Crippen MR) is 76.9 cm³/mol. The first-order valence-corrected chi connectivity index (χ1v) is 6.73. The van der Waals surface area contributed by atoms with Crippen molar-refractivity contribution in [3.8, 4) is 6.07 Å². The minimum Gasteiger partial charge on any atom is -0.480 e. The van der Waals surface area contributed by atoms with E-state index >= 15 is 0 Å². The van der Waals surface area contributed by atoms with Gasteiger partial charge in [-0.05, 0) is 24.5 Å². The van der Waals surface area contributed by atoms with Crippen molar-refractivity contribution < 1.29 is 14.7 Å². The van der Waals surface area contributed by atoms with Gasteiger partial charge in [0.1, 0.15) is 12.1 Å². The summed E-state index contributed by atoms with van der Waals surface area (Å²) in [6.07, 6.45) is 0.663. The Morgan fingerprint density at radius 1 is 1.43 bits per heavy atom. The van der Waals surface area contributed by atoms with Gasteiger partial charge in [0, 0.05) is 13.6 Å². The lowest BCUT2D eigenvalue weighted by Gasteiger charge is -2.29. The number of hydrogen-bond acceptors (Lipinski definition) is 3. The average molecular weight is 287 g/mol. The average Bonchev–Trinajstić information content (AvgIpc) is 2.87. The third-order valence-corrected chi connectivity index (χ3v) is 3.87. The molecule has 1 N–H and O–H groups in total. The number of likely N-dealkylation sites (tertiary alicyclic amines) is 1. The second-order valence-electron chi connectivity index (χ2n) is 5.21. The highest BCUT2D eigenvalue weighted by molar-refractivity contribution is 5.95. The van der Waals surface area contributed by atoms with E-state index in [0.29, 0.717) is 24.2 Å². The Morgan fingerprint density at radius 2 is 2.10 bits per heavy atom. The van der Waals surface area contributed by atoms with Gasteiger partial charge in [-0.3, -0.25) is 4.90 Å². The maximum atomic E-state index is 12.6. The van der Waals surface area contributed by atoms with Gasteiger partial charge in [-0.15, -0.1) is 0 Å². The summed E-state index contributed by atoms with van der Waals surface area (Å²) >= 11 is 0. The zero-order valence-electron chi connectivity index (χ0n) is 12.0. The van der Waals surface area contributed by atoms with Crippen LogP contribution in [0.1, 0.15) is 18.9 Å². The minimum absolute atomic E-state index is 0.0777. The number of carboxylic acids is 1. The Balaban J connectivity index is 2.28. The first kappa shape index (κ1) is 14.9. The third kappa shape index (κ3) is 2.68. The number of carboxylic acid groups (broad SMARTS) is 1. The van der Waals surface area contributed by atoms with Crippen molar-refractivity contribution in [2.45, 2.75) is 19.4 Å². The van der Waals surface area contributed by atoms with Crippen LogP contribution in [0.4, 0.5) is 10.5 Å². The van der Waals surface area contributed by atoms with Gasteiger partial charge in [0.2, 0.25) is 0 Å². The number of aliphatic carboxylic acids is 1. The SMILES string of the molecule is CC1CCN(C(=O)N(C)c2ccccc2C#N)C1C(=O)O. The van der Waals surface area contributed by atoms with E-state index in [9.17, 15) is 14.7 Å². The van der Waals surface area contributed by atoms with Crippen molar-refractivity contribution in [1.29, 1.82) is 5.26 Å². The monoisotopic (exact) mass is 287 g/mol. The molecule has 0 aromatic heterocycles. The molecule has 2 unspecified atom stereocenters. The Bertz CT molecular complexity index is 608. The van der Waals surface area contributed by atoms with Crippen LogP contribution in [0.15, 0.2) is 24.3 Å². The molecule has 6 nitrogen and oxygen atoms in total. The molecule has 1 aromatic carbocycles. The lowest BCUT2D eigenvalue weighted by atomic mass is 10.0. The number of nitriles is 1. The van der Waals surface area contributed by atoms with Gasteiger partial charge in [0.15, 0.2) is 0 Å². The van der Waals surface area contributed by atoms with Crippen LogP contribution in [-0.4, -0.2) is 41.6 Å². The van der Waals surface area contributed by atoms with Crippen LogP contribution < -0.4 is 4.90 Å². The van der Waals surface area contributed by atoms with E-state index < -0.39 is 18.0 Å². The van der Waals surface area contributed by atoms with E-state index in [1.807, 2.05) is 13.0 Å². The van der Waals surface area contributed by atoms with Crippen LogP contribution in [-0.2, 0) is 4.79 Å². The Morgan fingerprint density at radius 3 is 2.71 bits per heavy atom. The zero-order valence-corrected chi connectivity index (χ0v) is 12.0. The number of carbonyl (C=O) groups excluding carboxylic acids is 1. The fourth-order valence-corrected chi connectivity index (χ4v) is 2.69. The number of rotatable bonds is 2. The van der Waals surface area contributed by atoms with Crippen LogP contribution >= 0.6 is 0 Å². The van der Waals surface area contributed by atoms with Crippen LogP contribution in [0.2, 0.25) is 0 Å². The third-order valence-electron chi connectivity index (χ3n) is 3.87. The molecule has 0 saturated carbocycles. The van der Waals surface area contributed by atoms with E-state index in [2.05, 4.69) is 0 Å². The highest BCUT2D eigenvalue weighted by atomic mass is 16.4. The Hall–Kier alpha value is -2.55. The standard InChI is InChI=1S/C15H17N3O3/c1-10-7-8-18(13(10)14(19)20)15(21)17(2)12-6-4-3-5-11(12)9-16/h3-6,10,13H,7-8H2,1-2H3,(H,19,20). The molecule has 21 heavy (non-hydrogen) atoms. The van der Waals surface area contributed by atoms with Crippen LogP contribution in [0.3, 0.4) is 0 Å². The molecule has 1 aromatic rings. The van der Waals surface area contributed by atoms with E-state index in [0.717, 1.165) is 0 Å². The van der Waals surface area contributed by atoms with Crippen LogP contribution in [0.25, 0.3) is 0 Å². The fraction of sp³-hybridized carbons (Fsp3) is 0.400. The first-order valence-electron chi connectivity index (χ1n) is 6.73. The van der Waals surface area contributed by atoms with Crippen molar-refractivity contribution in [3.05, 3.63) is 29.8 Å². The zero-order chi connectivity index (χ0) is 15.6. The maximum absolute atomic E-state index is 12.6. The van der Waals surface area contributed by atoms with Crippen LogP contribution in [0.5, 0.6) is 0 Å². The number of nitrogens with zero attached hydrogens (tertiary/aromatic N) is 3. The Labute approximate surface area is 123 Å². The van der Waals surface area contributed by atoms with Gasteiger partial charge in [-0.1, -0.05) is 19.1 Å². The number of urea groups is 1. The summed E-state index contributed by atoms with van der Waals surface area (Å²) in [6, 6.07) is 7.59. The van der Waals surface area contributed by atoms with Gasteiger partial charge in [0.05, 0.1) is 11.3 Å². The number of benzene rings is 1. The molecule has 0 aliphatic carbocycles. The molecule has 110 valence electrons. The molecule has 1 fully saturated rings. The summed E-state index contributed by atoms with van der Waals surface area (Å²) in [6.45, 7) is 2.24. The topological polar surface area (TPSA) is 84.6 Å². The van der Waals surface area contributed by atoms with Gasteiger partial charge >= 0.3 is 12.0 Å². The number of anilines is 1. The maximum Gasteiger partial charge on any atom is 0.326 e. The lowest BCUT2D eigenvalue weighted by Crippen LogP contribution is -2.48. The molecule has 0 spiro atoms. The van der Waals surface area contributed by atoms with Crippen molar-refractivity contribution in [1.82, 2.24) is 4.90 Å². The fourth-order valence-electron chi connectivity index (χ4n) is 2.69. The molecule has 0 bridgehead atoms. The van der Waals surface area contributed by atoms with E-state index in [-0.39, 0.29) is 5.92 Å². The normalized spacial score (nSPS) is 20.9. The quantitative estimate of drug-likeness (QED) is 0.900. The van der Waals surface area contributed by atoms with Crippen molar-refractivity contribution in [2.24, 2.45) is 5.92 Å². The van der Waals surface area contributed by atoms with Crippen molar-refractivity contribution in [3.63, 3.8) is 0 Å². The van der Waals surface area contributed by atoms with E-state index in [1.54, 1.807) is 31.3 Å². The van der Waals surface area contributed by atoms with Gasteiger partial charge in [-0.25, -0.2) is 9.59 Å². The molecule has 0 radical (unpaired) electrons. The van der Waals surface area contributed by atoms with Crippen molar-refractivity contribution >= 4 is 17.7 Å². The highest BCUT2D eigenvalue weighted by Crippen LogP contribution is 2.27. The molecule has 2 rings (SSSR count). The summed E-state index contributed by atoms with van der Waals surface area (Å²) in [5.41, 5.74) is 0.862. The molecule has 1 aliphatic rings. The van der Waals surface area contributed by atoms with Gasteiger partial charge in [-0.2, -0.15) is 5.26 Å². The number of para-hydroxylation sites is 1. The number of hydrogen-bond donors (Lipinski definition) is 1. The number of amides is 2. The molecule has 2 amide bonds. The first-order chi connectivity index (χ1) is 9.97. The summed E-state index contributed by atoms with van der Waals surface area (Å²) in [7, 11) is 1.56. The minimum atomic E-state index is -0.990. The van der Waals surface area contributed by atoms with Gasteiger partial charge < -0.3 is 10.0 Å². The molecule has 1 heterocycles. The highest BCUT2D eigenvalue weighted by Gasteiger charge is 2.40. The van der Waals surface area contributed by atoms with Gasteiger partial charge in [0.25, 0.3) is 0 Å². The molecule has 1 aliphatic heterocycles. The molecular formula is C15H17N3O3. The summed E-state index contributed by atoms with van der Waals surface area (Å²) in [4.78, 5) is 26.6. The smallest absolute Gasteiger partial charge is 0.326 e. The molecule has 1 saturated heterocycles. The molecule has 6 heteroatoms. The number of carbonyl (C=O) groups is 2.